The SMILES string of the molecule is CC.CCN(C=O)/C(=C/c1scc[n+]1C)S/C(C)=C1/Sc2c(ccc(F)c2F)N1C.CCn1c(=O)/c(=C2\Sc3cc(C(F)(F)F)ccc3N2C)s/c1=C\c1scc[n+]1C. The minimum absolute atomic E-state index is 0.124. The molecule has 0 radical (unpaired) electrons. The Kier molecular flexibility index (Phi) is 15.4. The number of hydrogen-bond acceptors (Lipinski definition) is 10. The van der Waals surface area contributed by atoms with Crippen molar-refractivity contribution in [3.8, 4) is 0 Å². The lowest BCUT2D eigenvalue weighted by atomic mass is 10.2. The Hall–Kier alpha value is -3.88. The molecule has 0 unspecified atom stereocenters. The standard InChI is InChI=1S/C19H17F3N3OS3.C19H20F2N3OS3.C2H6/c1-4-25-15(10-14-23(2)7-8-27-14)29-16(17(25)26)18-24(3)12-6-5-11(19(20,21)22)9-13(12)28-18;1-5-24(11-25)16(10-15-22(3)8-9-26-15)27-12(2)19-23(4)14-7-6-13(20)17(21)18(14)28-19;1-2/h5-10H,4H2,1-3H3;6-11H,5H2,1-4H3;1-2H3/q2*+1;/b18-16+;19-12+;. The number of anilines is 2. The number of fused-ring (bicyclic) bond motifs is 2. The molecule has 0 saturated carbocycles. The number of amides is 1. The van der Waals surface area contributed by atoms with E-state index in [2.05, 4.69) is 0 Å². The highest BCUT2D eigenvalue weighted by molar-refractivity contribution is 8.09. The highest BCUT2D eigenvalue weighted by Crippen LogP contribution is 2.50. The predicted molar refractivity (Wildman–Crippen MR) is 236 cm³/mol. The first-order chi connectivity index (χ1) is 28.1. The van der Waals surface area contributed by atoms with E-state index in [1.54, 1.807) is 50.2 Å². The molecule has 59 heavy (non-hydrogen) atoms. The van der Waals surface area contributed by atoms with Crippen molar-refractivity contribution >= 4 is 104 Å². The lowest BCUT2D eigenvalue weighted by Gasteiger charge is -2.21. The third-order valence-electron chi connectivity index (χ3n) is 8.92. The van der Waals surface area contributed by atoms with E-state index in [4.69, 9.17) is 0 Å². The van der Waals surface area contributed by atoms with E-state index < -0.39 is 23.4 Å². The van der Waals surface area contributed by atoms with Crippen LogP contribution in [0.4, 0.5) is 33.3 Å². The summed E-state index contributed by atoms with van der Waals surface area (Å²) in [5.41, 5.74) is 0.497. The van der Waals surface area contributed by atoms with Crippen LogP contribution in [0.3, 0.4) is 0 Å². The van der Waals surface area contributed by atoms with E-state index in [1.807, 2.05) is 105 Å². The molecule has 7 rings (SSSR count). The monoisotopic (exact) mass is 926 g/mol. The van der Waals surface area contributed by atoms with Gasteiger partial charge in [0.2, 0.25) is 6.41 Å². The zero-order chi connectivity index (χ0) is 43.3. The molecule has 0 fully saturated rings. The van der Waals surface area contributed by atoms with Crippen molar-refractivity contribution in [3.63, 3.8) is 0 Å². The van der Waals surface area contributed by atoms with Crippen molar-refractivity contribution in [2.24, 2.45) is 14.1 Å². The average molecular weight is 927 g/mol. The Morgan fingerprint density at radius 2 is 1.58 bits per heavy atom. The maximum Gasteiger partial charge on any atom is 0.416 e. The number of carbonyl (C=O) groups excluding carboxylic acids is 1. The van der Waals surface area contributed by atoms with E-state index in [0.717, 1.165) is 54.3 Å². The lowest BCUT2D eigenvalue weighted by molar-refractivity contribution is -0.668. The number of nitrogens with zero attached hydrogens (tertiary/aromatic N) is 6. The molecule has 19 heteroatoms. The van der Waals surface area contributed by atoms with Gasteiger partial charge in [0.1, 0.15) is 28.3 Å². The van der Waals surface area contributed by atoms with E-state index in [1.165, 1.54) is 52.7 Å². The molecule has 0 aliphatic carbocycles. The van der Waals surface area contributed by atoms with Crippen molar-refractivity contribution < 1.29 is 35.9 Å². The Morgan fingerprint density at radius 3 is 2.15 bits per heavy atom. The smallest absolute Gasteiger partial charge is 0.337 e. The van der Waals surface area contributed by atoms with Crippen LogP contribution in [0.1, 0.15) is 50.2 Å². The van der Waals surface area contributed by atoms with Gasteiger partial charge in [-0.25, -0.2) is 8.78 Å². The third kappa shape index (κ3) is 9.86. The number of aromatic nitrogens is 3. The molecule has 0 spiro atoms. The van der Waals surface area contributed by atoms with Crippen molar-refractivity contribution in [1.82, 2.24) is 9.47 Å². The summed E-state index contributed by atoms with van der Waals surface area (Å²) in [5, 5.41) is 8.21. The van der Waals surface area contributed by atoms with Crippen LogP contribution in [0.15, 0.2) is 83.0 Å². The lowest BCUT2D eigenvalue weighted by Crippen LogP contribution is -2.34. The number of hydrogen-bond donors (Lipinski definition) is 0. The Labute approximate surface area is 364 Å². The molecule has 2 aromatic carbocycles. The first kappa shape index (κ1) is 46.2. The molecule has 0 saturated heterocycles. The van der Waals surface area contributed by atoms with Crippen LogP contribution in [-0.2, 0) is 31.6 Å². The molecule has 2 aliphatic rings. The van der Waals surface area contributed by atoms with Crippen molar-refractivity contribution in [2.45, 2.75) is 57.1 Å². The average Bonchev–Trinajstić information content (AvgIpc) is 4.03. The Bertz CT molecular complexity index is 2590. The fourth-order valence-electron chi connectivity index (χ4n) is 5.80. The second-order valence-electron chi connectivity index (χ2n) is 12.5. The van der Waals surface area contributed by atoms with Crippen molar-refractivity contribution in [2.75, 3.05) is 30.4 Å². The van der Waals surface area contributed by atoms with Crippen LogP contribution in [0.2, 0.25) is 0 Å². The molecular formula is C40H43F5N6O2S6+2. The normalized spacial score (nSPS) is 15.7. The first-order valence-corrected chi connectivity index (χ1v) is 23.3. The summed E-state index contributed by atoms with van der Waals surface area (Å²) in [4.78, 5) is 31.6. The summed E-state index contributed by atoms with van der Waals surface area (Å²) in [7, 11) is 7.49. The molecule has 2 aliphatic heterocycles. The highest BCUT2D eigenvalue weighted by Gasteiger charge is 2.34. The van der Waals surface area contributed by atoms with Gasteiger partial charge < -0.3 is 14.7 Å². The maximum atomic E-state index is 14.2. The number of rotatable bonds is 8. The number of thiazole rings is 3. The van der Waals surface area contributed by atoms with E-state index in [9.17, 15) is 31.5 Å². The number of allylic oxidation sites excluding steroid dienone is 1. The van der Waals surface area contributed by atoms with Crippen molar-refractivity contribution in [3.05, 3.63) is 115 Å². The molecule has 5 heterocycles. The summed E-state index contributed by atoms with van der Waals surface area (Å²) in [6.45, 7) is 10.8. The van der Waals surface area contributed by atoms with Gasteiger partial charge in [0.15, 0.2) is 24.0 Å². The zero-order valence-electron chi connectivity index (χ0n) is 33.7. The quantitative estimate of drug-likeness (QED) is 0.0877. The number of thioether (sulfide) groups is 3. The summed E-state index contributed by atoms with van der Waals surface area (Å²) < 4.78 is 74.0. The minimum atomic E-state index is -4.40. The van der Waals surface area contributed by atoms with Gasteiger partial charge in [-0.1, -0.05) is 71.8 Å². The second kappa shape index (κ2) is 19.7. The van der Waals surface area contributed by atoms with Crippen LogP contribution < -0.4 is 33.7 Å². The molecular weight excluding hydrogens is 884 g/mol. The molecule has 5 aromatic rings. The fraction of sp³-hybridized carbons (Fsp3) is 0.300. The Morgan fingerprint density at radius 1 is 0.932 bits per heavy atom. The Balaban J connectivity index is 0.000000215. The van der Waals surface area contributed by atoms with Gasteiger partial charge in [0.05, 0.1) is 54.8 Å². The van der Waals surface area contributed by atoms with Gasteiger partial charge >= 0.3 is 6.18 Å². The number of alkyl halides is 3. The first-order valence-electron chi connectivity index (χ1n) is 18.2. The largest absolute Gasteiger partial charge is 0.416 e. The van der Waals surface area contributed by atoms with E-state index >= 15 is 0 Å². The summed E-state index contributed by atoms with van der Waals surface area (Å²) >= 11 is 8.37. The van der Waals surface area contributed by atoms with Gasteiger partial charge in [0.25, 0.3) is 15.6 Å². The summed E-state index contributed by atoms with van der Waals surface area (Å²) in [6, 6.07) is 6.41. The van der Waals surface area contributed by atoms with Crippen LogP contribution in [-0.4, -0.2) is 36.5 Å². The predicted octanol–water partition coefficient (Wildman–Crippen LogP) is 8.79. The second-order valence-corrected chi connectivity index (χ2v) is 18.7. The molecule has 1 amide bonds. The summed E-state index contributed by atoms with van der Waals surface area (Å²) in [5.74, 6) is -1.68. The number of carbonyl (C=O) groups is 1. The summed E-state index contributed by atoms with van der Waals surface area (Å²) in [6.07, 6.45) is 4.25. The van der Waals surface area contributed by atoms with Crippen LogP contribution in [0.5, 0.6) is 0 Å². The molecule has 0 atom stereocenters. The van der Waals surface area contributed by atoms with Gasteiger partial charge in [-0.3, -0.25) is 14.2 Å². The van der Waals surface area contributed by atoms with Gasteiger partial charge in [-0.05, 0) is 51.1 Å². The molecule has 3 aromatic heterocycles. The maximum absolute atomic E-state index is 14.2. The number of halogens is 5. The molecule has 8 nitrogen and oxygen atoms in total. The van der Waals surface area contributed by atoms with Crippen LogP contribution in [0, 0.1) is 11.6 Å². The highest BCUT2D eigenvalue weighted by atomic mass is 32.2. The zero-order valence-corrected chi connectivity index (χ0v) is 38.6. The molecule has 0 bridgehead atoms. The van der Waals surface area contributed by atoms with E-state index in [0.29, 0.717) is 38.9 Å². The topological polar surface area (TPSA) is 56.6 Å². The van der Waals surface area contributed by atoms with Crippen LogP contribution >= 0.6 is 69.3 Å². The van der Waals surface area contributed by atoms with Gasteiger partial charge in [0, 0.05) is 37.0 Å². The van der Waals surface area contributed by atoms with E-state index in [-0.39, 0.29) is 10.5 Å². The number of benzene rings is 2. The van der Waals surface area contributed by atoms with Crippen LogP contribution in [0.25, 0.3) is 17.2 Å². The molecule has 0 N–H and O–H groups in total. The molecule has 314 valence electrons. The number of aryl methyl sites for hydroxylation is 2. The third-order valence-corrected chi connectivity index (χ3v) is 15.8. The van der Waals surface area contributed by atoms with Gasteiger partial charge in [-0.15, -0.1) is 11.3 Å². The minimum Gasteiger partial charge on any atom is -0.337 e. The van der Waals surface area contributed by atoms with Crippen molar-refractivity contribution in [1.29, 1.82) is 0 Å². The fourth-order valence-corrected chi connectivity index (χ4v) is 12.3. The van der Waals surface area contributed by atoms with Gasteiger partial charge in [-0.2, -0.15) is 22.3 Å².